The van der Waals surface area contributed by atoms with E-state index < -0.39 is 0 Å². The molecule has 2 aromatic rings. The van der Waals surface area contributed by atoms with Gasteiger partial charge in [-0.05, 0) is 44.1 Å². The Morgan fingerprint density at radius 2 is 1.87 bits per heavy atom. The van der Waals surface area contributed by atoms with Crippen LogP contribution in [-0.4, -0.2) is 40.6 Å². The van der Waals surface area contributed by atoms with Crippen LogP contribution in [0.1, 0.15) is 55.6 Å². The normalized spacial score (nSPS) is 18.2. The van der Waals surface area contributed by atoms with Crippen molar-refractivity contribution in [2.24, 2.45) is 5.41 Å². The summed E-state index contributed by atoms with van der Waals surface area (Å²) in [6, 6.07) is 6.58. The molecule has 2 heterocycles. The molecule has 30 heavy (non-hydrogen) atoms. The molecule has 7 heteroatoms. The van der Waals surface area contributed by atoms with Crippen LogP contribution in [0.15, 0.2) is 23.4 Å². The highest BCUT2D eigenvalue weighted by molar-refractivity contribution is 7.98. The summed E-state index contributed by atoms with van der Waals surface area (Å²) in [5.41, 5.74) is 3.80. The molecule has 6 nitrogen and oxygen atoms in total. The number of anilines is 3. The van der Waals surface area contributed by atoms with E-state index in [0.29, 0.717) is 23.7 Å². The Morgan fingerprint density at radius 1 is 1.20 bits per heavy atom. The summed E-state index contributed by atoms with van der Waals surface area (Å²) in [6.07, 6.45) is 2.51. The first-order valence-corrected chi connectivity index (χ1v) is 11.6. The minimum absolute atomic E-state index is 0.143. The minimum Gasteiger partial charge on any atom is -0.369 e. The number of hydrogen-bond donors (Lipinski definition) is 3. The van der Waals surface area contributed by atoms with Gasteiger partial charge in [0.25, 0.3) is 0 Å². The summed E-state index contributed by atoms with van der Waals surface area (Å²) in [5.74, 6) is 1.76. The summed E-state index contributed by atoms with van der Waals surface area (Å²) in [7, 11) is 0. The first-order valence-electron chi connectivity index (χ1n) is 10.4. The Hall–Kier alpha value is -2.12. The Labute approximate surface area is 184 Å². The van der Waals surface area contributed by atoms with E-state index in [0.717, 1.165) is 40.6 Å². The molecular weight excluding hydrogens is 394 g/mol. The number of carbonyl (C=O) groups is 1. The number of thioether (sulfide) groups is 1. The summed E-state index contributed by atoms with van der Waals surface area (Å²) in [5, 5.41) is 10.9. The maximum atomic E-state index is 12.7. The topological polar surface area (TPSA) is 88.9 Å². The van der Waals surface area contributed by atoms with E-state index in [9.17, 15) is 4.79 Å². The number of benzene rings is 1. The molecular formula is C23H33N5OS. The van der Waals surface area contributed by atoms with Gasteiger partial charge in [-0.25, -0.2) is 9.97 Å². The summed E-state index contributed by atoms with van der Waals surface area (Å²) >= 11 is 1.51. The van der Waals surface area contributed by atoms with Crippen molar-refractivity contribution in [3.8, 4) is 0 Å². The van der Waals surface area contributed by atoms with Gasteiger partial charge < -0.3 is 16.0 Å². The number of rotatable bonds is 8. The maximum absolute atomic E-state index is 12.7. The van der Waals surface area contributed by atoms with Crippen LogP contribution in [0.3, 0.4) is 0 Å². The summed E-state index contributed by atoms with van der Waals surface area (Å²) < 4.78 is 0. The molecule has 0 bridgehead atoms. The highest BCUT2D eigenvalue weighted by atomic mass is 32.2. The molecule has 1 fully saturated rings. The summed E-state index contributed by atoms with van der Waals surface area (Å²) in [6.45, 7) is 13.5. The first-order chi connectivity index (χ1) is 14.1. The predicted molar refractivity (Wildman–Crippen MR) is 126 cm³/mol. The first kappa shape index (κ1) is 22.6. The van der Waals surface area contributed by atoms with Crippen LogP contribution in [0.2, 0.25) is 0 Å². The number of aryl methyl sites for hydroxylation is 1. The molecule has 162 valence electrons. The van der Waals surface area contributed by atoms with Crippen molar-refractivity contribution >= 4 is 34.9 Å². The molecule has 0 amide bonds. The van der Waals surface area contributed by atoms with Crippen LogP contribution in [-0.2, 0) is 0 Å². The van der Waals surface area contributed by atoms with Gasteiger partial charge in [-0.2, -0.15) is 0 Å². The van der Waals surface area contributed by atoms with Crippen LogP contribution in [0.5, 0.6) is 0 Å². The molecule has 0 aliphatic carbocycles. The molecule has 1 aliphatic heterocycles. The molecule has 1 aromatic carbocycles. The average molecular weight is 428 g/mol. The molecule has 1 aromatic heterocycles. The van der Waals surface area contributed by atoms with E-state index in [1.165, 1.54) is 11.8 Å². The lowest BCUT2D eigenvalue weighted by Crippen LogP contribution is -2.20. The zero-order valence-electron chi connectivity index (χ0n) is 19.0. The molecule has 3 N–H and O–H groups in total. The van der Waals surface area contributed by atoms with Crippen molar-refractivity contribution in [1.82, 2.24) is 15.3 Å². The molecule has 0 spiro atoms. The van der Waals surface area contributed by atoms with Crippen molar-refractivity contribution in [3.05, 3.63) is 34.9 Å². The number of ketones is 1. The fourth-order valence-corrected chi connectivity index (χ4v) is 3.49. The average Bonchev–Trinajstić information content (AvgIpc) is 3.37. The van der Waals surface area contributed by atoms with Crippen molar-refractivity contribution in [3.63, 3.8) is 0 Å². The second-order valence-corrected chi connectivity index (χ2v) is 10.1. The number of carbonyl (C=O) groups excluding carboxylic acids is 1. The van der Waals surface area contributed by atoms with Gasteiger partial charge in [0.1, 0.15) is 11.6 Å². The molecule has 1 saturated heterocycles. The molecule has 3 rings (SSSR count). The molecule has 2 atom stereocenters. The fraction of sp³-hybridized carbons (Fsp3) is 0.522. The Balaban J connectivity index is 1.85. The summed E-state index contributed by atoms with van der Waals surface area (Å²) in [4.78, 5) is 22.0. The molecule has 2 unspecified atom stereocenters. The van der Waals surface area contributed by atoms with Crippen LogP contribution in [0.25, 0.3) is 0 Å². The van der Waals surface area contributed by atoms with Gasteiger partial charge in [0.2, 0.25) is 0 Å². The highest BCUT2D eigenvalue weighted by Gasteiger charge is 2.33. The molecule has 0 radical (unpaired) electrons. The lowest BCUT2D eigenvalue weighted by Gasteiger charge is -2.21. The van der Waals surface area contributed by atoms with E-state index in [4.69, 9.17) is 0 Å². The van der Waals surface area contributed by atoms with Crippen molar-refractivity contribution in [2.45, 2.75) is 65.2 Å². The Kier molecular flexibility index (Phi) is 6.72. The third kappa shape index (κ3) is 5.73. The van der Waals surface area contributed by atoms with Gasteiger partial charge in [0.05, 0.1) is 0 Å². The number of aromatic nitrogens is 2. The monoisotopic (exact) mass is 427 g/mol. The predicted octanol–water partition coefficient (Wildman–Crippen LogP) is 4.95. The SMILES string of the molecule is CSc1nc(NCC(C)(C)C)c(C)c(Nc2cc(C(=O)CC3NC3C)ccc2C)n1. The van der Waals surface area contributed by atoms with E-state index in [1.54, 1.807) is 0 Å². The van der Waals surface area contributed by atoms with Crippen molar-refractivity contribution in [2.75, 3.05) is 23.4 Å². The lowest BCUT2D eigenvalue weighted by molar-refractivity contribution is 0.0982. The second-order valence-electron chi connectivity index (χ2n) is 9.29. The second kappa shape index (κ2) is 8.94. The van der Waals surface area contributed by atoms with Gasteiger partial charge in [-0.15, -0.1) is 0 Å². The number of Topliss-reactive ketones (excluding diaryl/α,β-unsaturated/α-hetero) is 1. The van der Waals surface area contributed by atoms with Gasteiger partial charge >= 0.3 is 0 Å². The van der Waals surface area contributed by atoms with Crippen LogP contribution < -0.4 is 16.0 Å². The zero-order valence-corrected chi connectivity index (χ0v) is 19.8. The Morgan fingerprint density at radius 3 is 2.47 bits per heavy atom. The smallest absolute Gasteiger partial charge is 0.191 e. The minimum atomic E-state index is 0.143. The lowest BCUT2D eigenvalue weighted by atomic mass is 9.97. The molecule has 1 aliphatic rings. The van der Waals surface area contributed by atoms with Crippen molar-refractivity contribution in [1.29, 1.82) is 0 Å². The Bertz CT molecular complexity index is 938. The van der Waals surface area contributed by atoms with Crippen LogP contribution >= 0.6 is 11.8 Å². The van der Waals surface area contributed by atoms with E-state index in [-0.39, 0.29) is 11.2 Å². The van der Waals surface area contributed by atoms with Gasteiger partial charge in [0.15, 0.2) is 10.9 Å². The van der Waals surface area contributed by atoms with Crippen LogP contribution in [0, 0.1) is 19.3 Å². The number of nitrogens with zero attached hydrogens (tertiary/aromatic N) is 2. The largest absolute Gasteiger partial charge is 0.369 e. The van der Waals surface area contributed by atoms with Gasteiger partial charge in [0, 0.05) is 41.9 Å². The molecule has 0 saturated carbocycles. The van der Waals surface area contributed by atoms with Gasteiger partial charge in [-0.1, -0.05) is 44.7 Å². The number of hydrogen-bond acceptors (Lipinski definition) is 7. The van der Waals surface area contributed by atoms with Crippen LogP contribution in [0.4, 0.5) is 17.3 Å². The van der Waals surface area contributed by atoms with E-state index in [2.05, 4.69) is 53.6 Å². The van der Waals surface area contributed by atoms with Gasteiger partial charge in [-0.3, -0.25) is 4.79 Å². The maximum Gasteiger partial charge on any atom is 0.191 e. The highest BCUT2D eigenvalue weighted by Crippen LogP contribution is 2.29. The fourth-order valence-electron chi connectivity index (χ4n) is 3.12. The van der Waals surface area contributed by atoms with E-state index >= 15 is 0 Å². The standard InChI is InChI=1S/C23H33N5OS/c1-13-8-9-16(19(29)11-18-15(3)25-18)10-17(13)26-21-14(2)20(24-12-23(4,5)6)27-22(28-21)30-7/h8-10,15,18,25H,11-12H2,1-7H3,(H2,24,26,27,28). The van der Waals surface area contributed by atoms with E-state index in [1.807, 2.05) is 38.3 Å². The quantitative estimate of drug-likeness (QED) is 0.238. The third-order valence-electron chi connectivity index (χ3n) is 5.28. The van der Waals surface area contributed by atoms with Crippen molar-refractivity contribution < 1.29 is 4.79 Å². The number of nitrogens with one attached hydrogen (secondary N) is 3. The third-order valence-corrected chi connectivity index (χ3v) is 5.83. The zero-order chi connectivity index (χ0) is 22.1.